The first-order valence-electron chi connectivity index (χ1n) is 4.78. The summed E-state index contributed by atoms with van der Waals surface area (Å²) in [5, 5.41) is 5.33. The smallest absolute Gasteiger partial charge is 0.320 e. The van der Waals surface area contributed by atoms with Gasteiger partial charge in [0.2, 0.25) is 0 Å². The fraction of sp³-hybridized carbons (Fsp3) is 0.400. The first-order chi connectivity index (χ1) is 6.99. The Balaban J connectivity index is 2.65. The summed E-state index contributed by atoms with van der Waals surface area (Å²) < 4.78 is 0. The average Bonchev–Trinajstić information content (AvgIpc) is 2.10. The van der Waals surface area contributed by atoms with Crippen LogP contribution >= 0.6 is 0 Å². The van der Waals surface area contributed by atoms with Crippen LogP contribution in [0.25, 0.3) is 0 Å². The lowest BCUT2D eigenvalue weighted by molar-refractivity contribution is 0.250. The number of urea groups is 1. The van der Waals surface area contributed by atoms with E-state index in [-0.39, 0.29) is 12.1 Å². The lowest BCUT2D eigenvalue weighted by atomic mass is 10.2. The van der Waals surface area contributed by atoms with Crippen LogP contribution in [0, 0.1) is 6.92 Å². The van der Waals surface area contributed by atoms with E-state index >= 15 is 0 Å². The Morgan fingerprint density at radius 3 is 2.73 bits per heavy atom. The summed E-state index contributed by atoms with van der Waals surface area (Å²) in [5.41, 5.74) is 7.12. The molecule has 1 rings (SSSR count). The largest absolute Gasteiger partial charge is 0.397 e. The van der Waals surface area contributed by atoms with E-state index in [0.29, 0.717) is 11.5 Å². The van der Waals surface area contributed by atoms with Crippen molar-refractivity contribution in [1.29, 1.82) is 0 Å². The molecule has 0 aliphatic heterocycles. The average molecular weight is 208 g/mol. The monoisotopic (exact) mass is 208 g/mol. The molecule has 0 fully saturated rings. The Labute approximate surface area is 89.1 Å². The van der Waals surface area contributed by atoms with Gasteiger partial charge in [-0.25, -0.2) is 9.78 Å². The van der Waals surface area contributed by atoms with E-state index in [4.69, 9.17) is 5.73 Å². The fourth-order valence-electron chi connectivity index (χ4n) is 1.05. The van der Waals surface area contributed by atoms with Crippen molar-refractivity contribution in [3.05, 3.63) is 17.8 Å². The summed E-state index contributed by atoms with van der Waals surface area (Å²) in [6.07, 6.45) is 1.53. The van der Waals surface area contributed by atoms with Gasteiger partial charge in [-0.3, -0.25) is 5.32 Å². The summed E-state index contributed by atoms with van der Waals surface area (Å²) >= 11 is 0. The van der Waals surface area contributed by atoms with Crippen molar-refractivity contribution < 1.29 is 4.79 Å². The Bertz CT molecular complexity index is 362. The van der Waals surface area contributed by atoms with Crippen LogP contribution in [0.1, 0.15) is 19.4 Å². The van der Waals surface area contributed by atoms with Gasteiger partial charge in [-0.15, -0.1) is 0 Å². The molecule has 0 bridgehead atoms. The molecule has 1 aromatic rings. The highest BCUT2D eigenvalue weighted by atomic mass is 16.2. The van der Waals surface area contributed by atoms with Crippen molar-refractivity contribution >= 4 is 17.5 Å². The Morgan fingerprint density at radius 1 is 1.53 bits per heavy atom. The number of carbonyl (C=O) groups excluding carboxylic acids is 1. The zero-order valence-electron chi connectivity index (χ0n) is 9.16. The highest BCUT2D eigenvalue weighted by molar-refractivity contribution is 5.88. The van der Waals surface area contributed by atoms with Gasteiger partial charge in [0.1, 0.15) is 5.82 Å². The van der Waals surface area contributed by atoms with E-state index < -0.39 is 0 Å². The van der Waals surface area contributed by atoms with Crippen LogP contribution in [0.4, 0.5) is 16.3 Å². The second kappa shape index (κ2) is 4.63. The number of pyridine rings is 1. The maximum absolute atomic E-state index is 11.3. The van der Waals surface area contributed by atoms with Gasteiger partial charge in [0.05, 0.1) is 11.9 Å². The molecule has 0 aliphatic rings. The number of anilines is 2. The normalized spacial score (nSPS) is 10.1. The first-order valence-corrected chi connectivity index (χ1v) is 4.78. The topological polar surface area (TPSA) is 80.0 Å². The highest BCUT2D eigenvalue weighted by Gasteiger charge is 2.04. The number of hydrogen-bond donors (Lipinski definition) is 3. The van der Waals surface area contributed by atoms with Crippen LogP contribution in [0.3, 0.4) is 0 Å². The Hall–Kier alpha value is -1.78. The number of aryl methyl sites for hydroxylation is 1. The van der Waals surface area contributed by atoms with Gasteiger partial charge in [0.25, 0.3) is 0 Å². The van der Waals surface area contributed by atoms with E-state index in [1.165, 1.54) is 6.20 Å². The number of rotatable bonds is 2. The van der Waals surface area contributed by atoms with Gasteiger partial charge < -0.3 is 11.1 Å². The first kappa shape index (κ1) is 11.3. The summed E-state index contributed by atoms with van der Waals surface area (Å²) in [6, 6.07) is 1.57. The quantitative estimate of drug-likeness (QED) is 0.689. The van der Waals surface area contributed by atoms with Gasteiger partial charge in [-0.2, -0.15) is 0 Å². The Morgan fingerprint density at radius 2 is 2.20 bits per heavy atom. The Kier molecular flexibility index (Phi) is 3.49. The van der Waals surface area contributed by atoms with Crippen molar-refractivity contribution in [2.75, 3.05) is 11.1 Å². The molecule has 1 heterocycles. The minimum absolute atomic E-state index is 0.0971. The van der Waals surface area contributed by atoms with Crippen LogP contribution in [-0.2, 0) is 0 Å². The minimum atomic E-state index is -0.262. The molecule has 0 saturated heterocycles. The number of hydrogen-bond acceptors (Lipinski definition) is 3. The van der Waals surface area contributed by atoms with Crippen LogP contribution in [0.5, 0.6) is 0 Å². The van der Waals surface area contributed by atoms with E-state index in [1.54, 1.807) is 6.07 Å². The molecular formula is C10H16N4O. The van der Waals surface area contributed by atoms with Crippen LogP contribution in [0.2, 0.25) is 0 Å². The second-order valence-corrected chi connectivity index (χ2v) is 3.68. The van der Waals surface area contributed by atoms with Gasteiger partial charge >= 0.3 is 6.03 Å². The third-order valence-electron chi connectivity index (χ3n) is 1.81. The lowest BCUT2D eigenvalue weighted by Gasteiger charge is -2.10. The third-order valence-corrected chi connectivity index (χ3v) is 1.81. The summed E-state index contributed by atoms with van der Waals surface area (Å²) in [4.78, 5) is 15.3. The number of nitrogens with one attached hydrogen (secondary N) is 2. The molecule has 82 valence electrons. The fourth-order valence-corrected chi connectivity index (χ4v) is 1.05. The zero-order valence-corrected chi connectivity index (χ0v) is 9.16. The maximum atomic E-state index is 11.3. The molecule has 0 atom stereocenters. The van der Waals surface area contributed by atoms with E-state index in [0.717, 1.165) is 5.56 Å². The second-order valence-electron chi connectivity index (χ2n) is 3.68. The van der Waals surface area contributed by atoms with Crippen molar-refractivity contribution in [2.24, 2.45) is 0 Å². The van der Waals surface area contributed by atoms with Crippen LogP contribution in [0.15, 0.2) is 12.3 Å². The molecule has 0 unspecified atom stereocenters. The molecule has 5 heteroatoms. The van der Waals surface area contributed by atoms with Crippen molar-refractivity contribution in [2.45, 2.75) is 26.8 Å². The van der Waals surface area contributed by atoms with Crippen molar-refractivity contribution in [3.8, 4) is 0 Å². The molecule has 0 spiro atoms. The molecular weight excluding hydrogens is 192 g/mol. The van der Waals surface area contributed by atoms with Gasteiger partial charge in [0, 0.05) is 6.04 Å². The zero-order chi connectivity index (χ0) is 11.4. The number of aromatic nitrogens is 1. The standard InChI is InChI=1S/C10H16N4O/c1-6(2)13-10(15)14-9-4-7(3)8(11)5-12-9/h4-6H,11H2,1-3H3,(H2,12,13,14,15). The highest BCUT2D eigenvalue weighted by Crippen LogP contribution is 2.12. The summed E-state index contributed by atoms with van der Waals surface area (Å²) in [6.45, 7) is 5.64. The maximum Gasteiger partial charge on any atom is 0.320 e. The predicted molar refractivity (Wildman–Crippen MR) is 60.7 cm³/mol. The van der Waals surface area contributed by atoms with E-state index in [2.05, 4.69) is 15.6 Å². The predicted octanol–water partition coefficient (Wildman–Crippen LogP) is 1.50. The van der Waals surface area contributed by atoms with Crippen molar-refractivity contribution in [1.82, 2.24) is 10.3 Å². The molecule has 0 aliphatic carbocycles. The van der Waals surface area contributed by atoms with Gasteiger partial charge in [0.15, 0.2) is 0 Å². The molecule has 2 amide bonds. The van der Waals surface area contributed by atoms with Crippen LogP contribution < -0.4 is 16.4 Å². The van der Waals surface area contributed by atoms with Gasteiger partial charge in [-0.05, 0) is 32.4 Å². The SMILES string of the molecule is Cc1cc(NC(=O)NC(C)C)ncc1N. The molecule has 1 aromatic heterocycles. The number of amides is 2. The van der Waals surface area contributed by atoms with Crippen LogP contribution in [-0.4, -0.2) is 17.1 Å². The summed E-state index contributed by atoms with van der Waals surface area (Å²) in [5.74, 6) is 0.500. The molecule has 0 aromatic carbocycles. The molecule has 0 saturated carbocycles. The number of nitrogens with zero attached hydrogens (tertiary/aromatic N) is 1. The third kappa shape index (κ3) is 3.46. The number of nitrogen functional groups attached to an aromatic ring is 1. The molecule has 15 heavy (non-hydrogen) atoms. The lowest BCUT2D eigenvalue weighted by Crippen LogP contribution is -2.34. The number of carbonyl (C=O) groups is 1. The molecule has 5 nitrogen and oxygen atoms in total. The van der Waals surface area contributed by atoms with Crippen molar-refractivity contribution in [3.63, 3.8) is 0 Å². The van der Waals surface area contributed by atoms with E-state index in [1.807, 2.05) is 20.8 Å². The van der Waals surface area contributed by atoms with Gasteiger partial charge in [-0.1, -0.05) is 0 Å². The summed E-state index contributed by atoms with van der Waals surface area (Å²) in [7, 11) is 0. The minimum Gasteiger partial charge on any atom is -0.397 e. The molecule has 4 N–H and O–H groups in total. The number of nitrogens with two attached hydrogens (primary N) is 1. The van der Waals surface area contributed by atoms with E-state index in [9.17, 15) is 4.79 Å². The molecule has 0 radical (unpaired) electrons.